The van der Waals surface area contributed by atoms with Gasteiger partial charge in [-0.2, -0.15) is 5.26 Å². The number of hydrogen-bond acceptors (Lipinski definition) is 15. The summed E-state index contributed by atoms with van der Waals surface area (Å²) in [5, 5.41) is 30.8. The number of aromatic hydroxyl groups is 1. The molecule has 0 radical (unpaired) electrons. The summed E-state index contributed by atoms with van der Waals surface area (Å²) in [5.41, 5.74) is 4.37. The Morgan fingerprint density at radius 2 is 1.78 bits per heavy atom. The standard InChI is InChI=1S/C41H52N6O11S/c1-17(2)30(45-39(50)20(5)43-21(6)48)40(51)44-23-14-59-38-29-28(37-35(57-16-58-37)19(4)33(29)49)26(13-55-41(23)52)47-25(12-42)24-11-22-10-18(3)34(54-9)36(56-15-53-8)27(22)31(32(38)47)46(24)7/h10,17,20,23-26,30-32,38,49H,11,13-16H2,1-9H3,(H,43,48)(H,44,51)(H,45,50)/t20?,23-,24-,25-,26-,30?,31-,32?,38?/m0/s1. The number of rotatable bonds is 10. The molecule has 318 valence electrons. The number of hydrogen-bond donors (Lipinski definition) is 4. The molecule has 2 fully saturated rings. The van der Waals surface area contributed by atoms with Gasteiger partial charge in [0.1, 0.15) is 36.5 Å². The minimum atomic E-state index is -1.17. The molecule has 7 rings (SSSR count). The molecule has 0 spiro atoms. The molecule has 5 heterocycles. The maximum Gasteiger partial charge on any atom is 0.329 e. The van der Waals surface area contributed by atoms with Crippen molar-refractivity contribution < 1.29 is 52.7 Å². The average Bonchev–Trinajstić information content (AvgIpc) is 3.68. The van der Waals surface area contributed by atoms with Crippen LogP contribution in [0.5, 0.6) is 28.7 Å². The first-order chi connectivity index (χ1) is 28.1. The number of amides is 3. The highest BCUT2D eigenvalue weighted by Crippen LogP contribution is 2.64. The van der Waals surface area contributed by atoms with Gasteiger partial charge in [-0.1, -0.05) is 19.9 Å². The molecule has 3 amide bonds. The highest BCUT2D eigenvalue weighted by molar-refractivity contribution is 7.99. The number of ether oxygens (including phenoxy) is 6. The van der Waals surface area contributed by atoms with Crippen LogP contribution in [0.3, 0.4) is 0 Å². The van der Waals surface area contributed by atoms with Crippen molar-refractivity contribution in [2.45, 2.75) is 102 Å². The van der Waals surface area contributed by atoms with E-state index in [1.165, 1.54) is 25.6 Å². The lowest BCUT2D eigenvalue weighted by atomic mass is 9.71. The second kappa shape index (κ2) is 16.6. The number of cyclic esters (lactones) is 1. The fourth-order valence-electron chi connectivity index (χ4n) is 9.49. The van der Waals surface area contributed by atoms with E-state index in [2.05, 4.69) is 37.9 Å². The first kappa shape index (κ1) is 42.2. The van der Waals surface area contributed by atoms with Crippen molar-refractivity contribution in [3.8, 4) is 34.8 Å². The van der Waals surface area contributed by atoms with Crippen LogP contribution in [-0.4, -0.2) is 122 Å². The molecule has 2 saturated heterocycles. The normalized spacial score (nSPS) is 26.6. The van der Waals surface area contributed by atoms with Gasteiger partial charge in [0.25, 0.3) is 0 Å². The summed E-state index contributed by atoms with van der Waals surface area (Å²) in [4.78, 5) is 57.0. The Bertz CT molecular complexity index is 2090. The summed E-state index contributed by atoms with van der Waals surface area (Å²) in [7, 11) is 5.12. The van der Waals surface area contributed by atoms with Crippen molar-refractivity contribution in [3.05, 3.63) is 39.4 Å². The molecule has 4 unspecified atom stereocenters. The topological polar surface area (TPSA) is 210 Å². The molecule has 2 aromatic carbocycles. The molecule has 59 heavy (non-hydrogen) atoms. The van der Waals surface area contributed by atoms with Crippen molar-refractivity contribution in [3.63, 3.8) is 0 Å². The van der Waals surface area contributed by atoms with Crippen LogP contribution in [0.25, 0.3) is 0 Å². The number of thioether (sulfide) groups is 1. The average molecular weight is 837 g/mol. The number of benzene rings is 2. The molecule has 0 aliphatic carbocycles. The zero-order valence-corrected chi connectivity index (χ0v) is 35.5. The largest absolute Gasteiger partial charge is 0.507 e. The van der Waals surface area contributed by atoms with Crippen LogP contribution in [0.1, 0.15) is 78.4 Å². The van der Waals surface area contributed by atoms with Crippen molar-refractivity contribution in [1.82, 2.24) is 25.8 Å². The van der Waals surface area contributed by atoms with E-state index in [4.69, 9.17) is 28.4 Å². The third-order valence-corrected chi connectivity index (χ3v) is 13.5. The Morgan fingerprint density at radius 1 is 1.05 bits per heavy atom. The molecule has 5 aliphatic heterocycles. The zero-order valence-electron chi connectivity index (χ0n) is 34.7. The lowest BCUT2D eigenvalue weighted by molar-refractivity contribution is -0.153. The van der Waals surface area contributed by atoms with Crippen LogP contribution in [0.2, 0.25) is 0 Å². The number of nitriles is 1. The van der Waals surface area contributed by atoms with E-state index in [1.807, 2.05) is 14.0 Å². The number of piperazine rings is 1. The summed E-state index contributed by atoms with van der Waals surface area (Å²) in [6.07, 6.45) is 0.511. The second-order valence-corrected chi connectivity index (χ2v) is 17.2. The number of carbonyl (C=O) groups is 4. The van der Waals surface area contributed by atoms with E-state index in [0.29, 0.717) is 46.1 Å². The van der Waals surface area contributed by atoms with Gasteiger partial charge in [0.15, 0.2) is 29.8 Å². The van der Waals surface area contributed by atoms with E-state index < -0.39 is 71.2 Å². The molecular formula is C41H52N6O11S. The fourth-order valence-corrected chi connectivity index (χ4v) is 11.0. The van der Waals surface area contributed by atoms with Gasteiger partial charge in [-0.05, 0) is 51.3 Å². The summed E-state index contributed by atoms with van der Waals surface area (Å²) in [6, 6.07) is -1.20. The van der Waals surface area contributed by atoms with Crippen molar-refractivity contribution in [1.29, 1.82) is 5.26 Å². The van der Waals surface area contributed by atoms with Gasteiger partial charge in [0.05, 0.1) is 30.5 Å². The number of aryl methyl sites for hydroxylation is 1. The lowest BCUT2D eigenvalue weighted by Gasteiger charge is -2.61. The van der Waals surface area contributed by atoms with Crippen LogP contribution < -0.4 is 34.9 Å². The van der Waals surface area contributed by atoms with Gasteiger partial charge >= 0.3 is 5.97 Å². The van der Waals surface area contributed by atoms with Gasteiger partial charge in [0, 0.05) is 54.1 Å². The van der Waals surface area contributed by atoms with Crippen molar-refractivity contribution in [2.24, 2.45) is 5.92 Å². The molecule has 4 bridgehead atoms. The van der Waals surface area contributed by atoms with Gasteiger partial charge in [0.2, 0.25) is 24.5 Å². The minimum Gasteiger partial charge on any atom is -0.507 e. The molecule has 0 aromatic heterocycles. The van der Waals surface area contributed by atoms with E-state index in [9.17, 15) is 29.5 Å². The number of fused-ring (bicyclic) bond motifs is 9. The van der Waals surface area contributed by atoms with Gasteiger partial charge in [-0.25, -0.2) is 4.79 Å². The highest BCUT2D eigenvalue weighted by Gasteiger charge is 2.60. The van der Waals surface area contributed by atoms with Crippen LogP contribution >= 0.6 is 11.8 Å². The number of esters is 1. The maximum atomic E-state index is 14.1. The molecular weight excluding hydrogens is 785 g/mol. The van der Waals surface area contributed by atoms with E-state index in [-0.39, 0.29) is 43.7 Å². The molecule has 9 atom stereocenters. The molecule has 4 N–H and O–H groups in total. The van der Waals surface area contributed by atoms with Crippen LogP contribution in [0.4, 0.5) is 0 Å². The second-order valence-electron chi connectivity index (χ2n) is 16.1. The lowest BCUT2D eigenvalue weighted by Crippen LogP contribution is -2.69. The summed E-state index contributed by atoms with van der Waals surface area (Å²) < 4.78 is 35.8. The number of nitrogens with zero attached hydrogens (tertiary/aromatic N) is 3. The van der Waals surface area contributed by atoms with Crippen molar-refractivity contribution in [2.75, 3.05) is 47.2 Å². The Hall–Kier alpha value is -4.96. The smallest absolute Gasteiger partial charge is 0.329 e. The first-order valence-corrected chi connectivity index (χ1v) is 20.7. The third-order valence-electron chi connectivity index (χ3n) is 12.1. The monoisotopic (exact) mass is 836 g/mol. The SMILES string of the molecule is COCOc1c(OC)c(C)cc2c1[C@H]1C3C4SC[C@H](NC(=O)C(NC(=O)C(C)NC(C)=O)C(C)C)C(=O)OC[C@@H](c5c6c(c(C)c(O)c54)OCO6)N3[C@@H](C#N)[C@H](C2)N1C. The summed E-state index contributed by atoms with van der Waals surface area (Å²) in [6.45, 7) is 9.66. The third kappa shape index (κ3) is 7.15. The molecule has 18 heteroatoms. The minimum absolute atomic E-state index is 0.00131. The molecule has 2 aromatic rings. The summed E-state index contributed by atoms with van der Waals surface area (Å²) in [5.74, 6) is -0.772. The number of nitrogens with one attached hydrogen (secondary N) is 3. The Kier molecular flexibility index (Phi) is 11.9. The van der Waals surface area contributed by atoms with Gasteiger partial charge in [-0.3, -0.25) is 24.2 Å². The summed E-state index contributed by atoms with van der Waals surface area (Å²) >= 11 is 1.34. The Labute approximate surface area is 347 Å². The Morgan fingerprint density at radius 3 is 2.44 bits per heavy atom. The van der Waals surface area contributed by atoms with E-state index in [1.54, 1.807) is 35.0 Å². The van der Waals surface area contributed by atoms with Crippen LogP contribution in [-0.2, 0) is 35.1 Å². The molecule has 5 aliphatic rings. The van der Waals surface area contributed by atoms with E-state index >= 15 is 0 Å². The quantitative estimate of drug-likeness (QED) is 0.200. The van der Waals surface area contributed by atoms with Crippen LogP contribution in [0, 0.1) is 31.1 Å². The van der Waals surface area contributed by atoms with Crippen molar-refractivity contribution >= 4 is 35.5 Å². The maximum absolute atomic E-state index is 14.1. The number of likely N-dealkylation sites (N-methyl/N-ethyl adjacent to an activating group) is 1. The number of phenolic OH excluding ortho intramolecular Hbond substituents is 1. The fraction of sp³-hybridized carbons (Fsp3) is 0.585. The molecule has 17 nitrogen and oxygen atoms in total. The predicted octanol–water partition coefficient (Wildman–Crippen LogP) is 2.44. The van der Waals surface area contributed by atoms with Crippen LogP contribution in [0.15, 0.2) is 6.07 Å². The number of carbonyl (C=O) groups excluding carboxylic acids is 4. The van der Waals surface area contributed by atoms with E-state index in [0.717, 1.165) is 16.7 Å². The Balaban J connectivity index is 1.36. The zero-order chi connectivity index (χ0) is 42.6. The molecule has 0 saturated carbocycles. The van der Waals surface area contributed by atoms with Gasteiger partial charge in [-0.15, -0.1) is 11.8 Å². The highest BCUT2D eigenvalue weighted by atomic mass is 32.2. The first-order valence-electron chi connectivity index (χ1n) is 19.7. The predicted molar refractivity (Wildman–Crippen MR) is 213 cm³/mol. The van der Waals surface area contributed by atoms with Gasteiger partial charge < -0.3 is 49.5 Å². The number of phenols is 1. The number of methoxy groups -OCH3 is 2.